The molecule has 1 unspecified atom stereocenters. The van der Waals surface area contributed by atoms with Gasteiger partial charge in [-0.25, -0.2) is 4.79 Å². The summed E-state index contributed by atoms with van der Waals surface area (Å²) in [5.74, 6) is -2.16. The van der Waals surface area contributed by atoms with Crippen LogP contribution in [0.5, 0.6) is 0 Å². The van der Waals surface area contributed by atoms with Crippen molar-refractivity contribution < 1.29 is 32.3 Å². The van der Waals surface area contributed by atoms with E-state index in [-0.39, 0.29) is 23.0 Å². The van der Waals surface area contributed by atoms with Crippen LogP contribution in [0, 0.1) is 0 Å². The predicted octanol–water partition coefficient (Wildman–Crippen LogP) is 6.51. The number of benzene rings is 4. The van der Waals surface area contributed by atoms with E-state index in [0.717, 1.165) is 11.0 Å². The van der Waals surface area contributed by atoms with Gasteiger partial charge in [0.15, 0.2) is 6.04 Å². The molecule has 5 amide bonds. The molecule has 0 bridgehead atoms. The van der Waals surface area contributed by atoms with E-state index < -0.39 is 48.2 Å². The summed E-state index contributed by atoms with van der Waals surface area (Å²) >= 11 is 0. The fourth-order valence-electron chi connectivity index (χ4n) is 5.72. The Hall–Kier alpha value is -6.05. The van der Waals surface area contributed by atoms with Gasteiger partial charge in [0, 0.05) is 28.7 Å². The lowest BCUT2D eigenvalue weighted by atomic mass is 10.0. The average molecular weight is 670 g/mol. The maximum Gasteiger partial charge on any atom is 0.442 e. The molecule has 2 heterocycles. The molecular formula is C35H30F3N7O4. The van der Waals surface area contributed by atoms with E-state index in [0.29, 0.717) is 17.1 Å². The minimum absolute atomic E-state index is 0.0601. The molecule has 1 atom stereocenters. The number of anilines is 5. The summed E-state index contributed by atoms with van der Waals surface area (Å²) in [6, 6.07) is 25.6. The number of carbonyl (C=O) groups is 4. The van der Waals surface area contributed by atoms with Crippen molar-refractivity contribution in [3.05, 3.63) is 115 Å². The van der Waals surface area contributed by atoms with Gasteiger partial charge in [0.25, 0.3) is 11.8 Å². The van der Waals surface area contributed by atoms with Crippen molar-refractivity contribution in [1.82, 2.24) is 5.32 Å². The summed E-state index contributed by atoms with van der Waals surface area (Å²) in [4.78, 5) is 60.0. The van der Waals surface area contributed by atoms with E-state index in [1.807, 2.05) is 19.9 Å². The van der Waals surface area contributed by atoms with Gasteiger partial charge in [-0.3, -0.25) is 24.2 Å². The number of fused-ring (bicyclic) bond motifs is 1. The topological polar surface area (TPSA) is 127 Å². The lowest BCUT2D eigenvalue weighted by Crippen LogP contribution is -2.57. The van der Waals surface area contributed by atoms with Crippen LogP contribution in [0.15, 0.2) is 119 Å². The molecule has 0 spiro atoms. The van der Waals surface area contributed by atoms with Gasteiger partial charge in [-0.15, -0.1) is 10.2 Å². The summed E-state index contributed by atoms with van der Waals surface area (Å²) in [6.45, 7) is 3.18. The van der Waals surface area contributed by atoms with Crippen LogP contribution in [0.25, 0.3) is 0 Å². The van der Waals surface area contributed by atoms with Crippen LogP contribution in [-0.4, -0.2) is 48.6 Å². The third kappa shape index (κ3) is 6.32. The third-order valence-corrected chi connectivity index (χ3v) is 8.01. The first-order valence-electron chi connectivity index (χ1n) is 15.3. The van der Waals surface area contributed by atoms with E-state index in [1.54, 1.807) is 78.9 Å². The van der Waals surface area contributed by atoms with Crippen molar-refractivity contribution >= 4 is 52.2 Å². The molecule has 4 aromatic rings. The zero-order valence-electron chi connectivity index (χ0n) is 26.3. The van der Waals surface area contributed by atoms with Crippen molar-refractivity contribution in [2.75, 3.05) is 26.6 Å². The van der Waals surface area contributed by atoms with E-state index >= 15 is 0 Å². The Morgan fingerprint density at radius 3 is 2.06 bits per heavy atom. The number of hydrogen-bond donors (Lipinski definition) is 2. The standard InChI is InChI=1S/C35H30F3N7O4/c1-22(2)44(25-14-5-3-6-15-25)29(46)21-43-27-18-9-10-19-28(27)45(26-16-7-4-8-17-26)32(48)30(31(43)47)40-33(49)39-24-13-11-12-23(20-24)34(41-42-34)35(36,37)38/h3-20,22,30H,21H2,1-2H3,(H2,39,40,49). The second-order valence-electron chi connectivity index (χ2n) is 11.6. The van der Waals surface area contributed by atoms with Crippen LogP contribution in [-0.2, 0) is 20.0 Å². The number of nitrogens with zero attached hydrogens (tertiary/aromatic N) is 5. The summed E-state index contributed by atoms with van der Waals surface area (Å²) in [7, 11) is 0. The number of nitrogens with one attached hydrogen (secondary N) is 2. The number of alkyl halides is 3. The Morgan fingerprint density at radius 2 is 1.45 bits per heavy atom. The van der Waals surface area contributed by atoms with Crippen molar-refractivity contribution in [3.63, 3.8) is 0 Å². The lowest BCUT2D eigenvalue weighted by Gasteiger charge is -2.31. The molecule has 250 valence electrons. The van der Waals surface area contributed by atoms with Crippen LogP contribution < -0.4 is 25.3 Å². The zero-order chi connectivity index (χ0) is 34.9. The molecule has 0 aliphatic carbocycles. The summed E-state index contributed by atoms with van der Waals surface area (Å²) in [5.41, 5.74) is -1.55. The molecule has 0 aromatic heterocycles. The maximum absolute atomic E-state index is 14.4. The first-order valence-corrected chi connectivity index (χ1v) is 15.3. The summed E-state index contributed by atoms with van der Waals surface area (Å²) in [5, 5.41) is 11.2. The molecule has 0 saturated carbocycles. The van der Waals surface area contributed by atoms with Crippen LogP contribution in [0.4, 0.5) is 46.4 Å². The molecule has 0 radical (unpaired) electrons. The fraction of sp³-hybridized carbons (Fsp3) is 0.200. The van der Waals surface area contributed by atoms with Crippen molar-refractivity contribution in [2.45, 2.75) is 37.8 Å². The highest BCUT2D eigenvalue weighted by molar-refractivity contribution is 6.25. The number of carbonyl (C=O) groups excluding carboxylic acids is 4. The number of rotatable bonds is 8. The van der Waals surface area contributed by atoms with Gasteiger partial charge < -0.3 is 15.5 Å². The number of halogens is 3. The quantitative estimate of drug-likeness (QED) is 0.208. The monoisotopic (exact) mass is 669 g/mol. The molecule has 2 N–H and O–H groups in total. The second-order valence-corrected chi connectivity index (χ2v) is 11.6. The molecule has 2 aliphatic heterocycles. The number of urea groups is 1. The highest BCUT2D eigenvalue weighted by Crippen LogP contribution is 2.52. The van der Waals surface area contributed by atoms with E-state index in [9.17, 15) is 32.3 Å². The van der Waals surface area contributed by atoms with E-state index in [4.69, 9.17) is 0 Å². The van der Waals surface area contributed by atoms with Gasteiger partial charge in [-0.1, -0.05) is 60.7 Å². The van der Waals surface area contributed by atoms with Crippen LogP contribution in [0.2, 0.25) is 0 Å². The number of para-hydroxylation sites is 4. The highest BCUT2D eigenvalue weighted by atomic mass is 19.4. The first kappa shape index (κ1) is 32.9. The maximum atomic E-state index is 14.4. The molecule has 2 aliphatic rings. The van der Waals surface area contributed by atoms with Crippen LogP contribution in [0.1, 0.15) is 19.4 Å². The molecular weight excluding hydrogens is 639 g/mol. The SMILES string of the molecule is CC(C)N(C(=O)CN1C(=O)C(NC(=O)Nc2cccc(C3(C(F)(F)F)N=N3)c2)C(=O)N(c2ccccc2)c2ccccc21)c1ccccc1. The largest absolute Gasteiger partial charge is 0.442 e. The van der Waals surface area contributed by atoms with Crippen LogP contribution >= 0.6 is 0 Å². The van der Waals surface area contributed by atoms with Crippen molar-refractivity contribution in [3.8, 4) is 0 Å². The Labute approximate surface area is 279 Å². The highest BCUT2D eigenvalue weighted by Gasteiger charge is 2.65. The second kappa shape index (κ2) is 12.9. The Bertz CT molecular complexity index is 1930. The Balaban J connectivity index is 1.35. The van der Waals surface area contributed by atoms with Crippen molar-refractivity contribution in [1.29, 1.82) is 0 Å². The zero-order valence-corrected chi connectivity index (χ0v) is 26.3. The molecule has 4 aromatic carbocycles. The lowest BCUT2D eigenvalue weighted by molar-refractivity contribution is -0.166. The third-order valence-electron chi connectivity index (χ3n) is 8.01. The normalized spacial score (nSPS) is 16.6. The number of amides is 5. The molecule has 0 fully saturated rings. The Morgan fingerprint density at radius 1 is 0.837 bits per heavy atom. The molecule has 6 rings (SSSR count). The van der Waals surface area contributed by atoms with Gasteiger partial charge in [0.1, 0.15) is 6.54 Å². The molecule has 49 heavy (non-hydrogen) atoms. The minimum Gasteiger partial charge on any atom is -0.318 e. The Kier molecular flexibility index (Phi) is 8.63. The predicted molar refractivity (Wildman–Crippen MR) is 176 cm³/mol. The minimum atomic E-state index is -4.78. The van der Waals surface area contributed by atoms with Gasteiger partial charge in [-0.05, 0) is 62.4 Å². The first-order chi connectivity index (χ1) is 23.4. The fourth-order valence-corrected chi connectivity index (χ4v) is 5.72. The average Bonchev–Trinajstić information content (AvgIpc) is 3.91. The van der Waals surface area contributed by atoms with Crippen molar-refractivity contribution in [2.24, 2.45) is 10.2 Å². The summed E-state index contributed by atoms with van der Waals surface area (Å²) in [6.07, 6.45) is -4.78. The van der Waals surface area contributed by atoms with Gasteiger partial charge in [0.05, 0.1) is 11.4 Å². The molecule has 14 heteroatoms. The van der Waals surface area contributed by atoms with E-state index in [2.05, 4.69) is 20.9 Å². The van der Waals surface area contributed by atoms with Gasteiger partial charge >= 0.3 is 17.9 Å². The van der Waals surface area contributed by atoms with Gasteiger partial charge in [-0.2, -0.15) is 13.2 Å². The smallest absolute Gasteiger partial charge is 0.318 e. The van der Waals surface area contributed by atoms with Gasteiger partial charge in [0.2, 0.25) is 5.91 Å². The molecule has 11 nitrogen and oxygen atoms in total. The molecule has 0 saturated heterocycles. The number of hydrogen-bond acceptors (Lipinski definition) is 6. The van der Waals surface area contributed by atoms with Crippen LogP contribution in [0.3, 0.4) is 0 Å². The summed E-state index contributed by atoms with van der Waals surface area (Å²) < 4.78 is 40.9. The van der Waals surface area contributed by atoms with E-state index in [1.165, 1.54) is 28.0 Å².